The lowest BCUT2D eigenvalue weighted by atomic mass is 10.1. The van der Waals surface area contributed by atoms with Gasteiger partial charge in [0.1, 0.15) is 0 Å². The van der Waals surface area contributed by atoms with Crippen molar-refractivity contribution in [2.75, 3.05) is 34.5 Å². The van der Waals surface area contributed by atoms with Crippen molar-refractivity contribution < 1.29 is 33.3 Å². The zero-order chi connectivity index (χ0) is 21.4. The molecule has 7 nitrogen and oxygen atoms in total. The Morgan fingerprint density at radius 3 is 2.17 bits per heavy atom. The van der Waals surface area contributed by atoms with E-state index in [2.05, 4.69) is 0 Å². The van der Waals surface area contributed by atoms with Crippen molar-refractivity contribution in [3.05, 3.63) is 46.5 Å². The summed E-state index contributed by atoms with van der Waals surface area (Å²) in [6.07, 6.45) is 0.793. The molecule has 0 N–H and O–H groups in total. The SMILES string of the molecule is CCCOc1c(Cl)cc(C(=O)OCC(=O)c2ccc(OC)c(OC)c2)cc1OC. The van der Waals surface area contributed by atoms with E-state index >= 15 is 0 Å². The molecule has 8 heteroatoms. The van der Waals surface area contributed by atoms with Crippen LogP contribution in [0.2, 0.25) is 5.02 Å². The molecule has 0 aliphatic carbocycles. The molecule has 29 heavy (non-hydrogen) atoms. The first-order valence-corrected chi connectivity index (χ1v) is 9.25. The first-order chi connectivity index (χ1) is 13.9. The minimum Gasteiger partial charge on any atom is -0.493 e. The quantitative estimate of drug-likeness (QED) is 0.419. The first kappa shape index (κ1) is 22.4. The topological polar surface area (TPSA) is 80.3 Å². The Morgan fingerprint density at radius 1 is 0.897 bits per heavy atom. The smallest absolute Gasteiger partial charge is 0.338 e. The molecule has 0 aromatic heterocycles. The van der Waals surface area contributed by atoms with Gasteiger partial charge in [0, 0.05) is 5.56 Å². The summed E-state index contributed by atoms with van der Waals surface area (Å²) in [5, 5.41) is 0.218. The molecular weight excluding hydrogens is 400 g/mol. The molecule has 0 heterocycles. The van der Waals surface area contributed by atoms with Gasteiger partial charge in [0.15, 0.2) is 35.4 Å². The third-order valence-electron chi connectivity index (χ3n) is 3.96. The number of ether oxygens (including phenoxy) is 5. The van der Waals surface area contributed by atoms with Crippen LogP contribution in [0.5, 0.6) is 23.0 Å². The van der Waals surface area contributed by atoms with Gasteiger partial charge in [0.25, 0.3) is 0 Å². The van der Waals surface area contributed by atoms with Gasteiger partial charge in [0.05, 0.1) is 38.5 Å². The van der Waals surface area contributed by atoms with Gasteiger partial charge in [-0.3, -0.25) is 4.79 Å². The average Bonchev–Trinajstić information content (AvgIpc) is 2.75. The van der Waals surface area contributed by atoms with Crippen LogP contribution in [0.3, 0.4) is 0 Å². The lowest BCUT2D eigenvalue weighted by Crippen LogP contribution is -2.14. The van der Waals surface area contributed by atoms with Crippen molar-refractivity contribution in [2.24, 2.45) is 0 Å². The second-order valence-corrected chi connectivity index (χ2v) is 6.31. The Kier molecular flexibility index (Phi) is 8.15. The van der Waals surface area contributed by atoms with Crippen LogP contribution in [0.15, 0.2) is 30.3 Å². The molecule has 0 saturated carbocycles. The fourth-order valence-electron chi connectivity index (χ4n) is 2.49. The van der Waals surface area contributed by atoms with E-state index in [0.717, 1.165) is 6.42 Å². The molecule has 2 rings (SSSR count). The highest BCUT2D eigenvalue weighted by molar-refractivity contribution is 6.32. The van der Waals surface area contributed by atoms with Crippen molar-refractivity contribution in [3.8, 4) is 23.0 Å². The number of carbonyl (C=O) groups is 2. The van der Waals surface area contributed by atoms with Gasteiger partial charge in [-0.2, -0.15) is 0 Å². The van der Waals surface area contributed by atoms with Gasteiger partial charge in [-0.15, -0.1) is 0 Å². The monoisotopic (exact) mass is 422 g/mol. The summed E-state index contributed by atoms with van der Waals surface area (Å²) in [4.78, 5) is 24.7. The Labute approximate surface area is 174 Å². The number of ketones is 1. The van der Waals surface area contributed by atoms with E-state index < -0.39 is 12.6 Å². The number of hydrogen-bond donors (Lipinski definition) is 0. The van der Waals surface area contributed by atoms with Gasteiger partial charge in [-0.25, -0.2) is 4.79 Å². The normalized spacial score (nSPS) is 10.2. The molecule has 0 fully saturated rings. The van der Waals surface area contributed by atoms with Crippen LogP contribution >= 0.6 is 11.6 Å². The molecule has 0 aliphatic heterocycles. The third kappa shape index (κ3) is 5.54. The van der Waals surface area contributed by atoms with Crippen LogP contribution in [0.25, 0.3) is 0 Å². The molecule has 156 valence electrons. The van der Waals surface area contributed by atoms with E-state index in [9.17, 15) is 9.59 Å². The highest BCUT2D eigenvalue weighted by Gasteiger charge is 2.18. The molecule has 0 spiro atoms. The highest BCUT2D eigenvalue weighted by Crippen LogP contribution is 2.36. The Balaban J connectivity index is 2.10. The number of Topliss-reactive ketones (excluding diaryl/α,β-unsaturated/α-hetero) is 1. The summed E-state index contributed by atoms with van der Waals surface area (Å²) in [7, 11) is 4.41. The van der Waals surface area contributed by atoms with Gasteiger partial charge >= 0.3 is 5.97 Å². The molecule has 0 aliphatic rings. The van der Waals surface area contributed by atoms with Crippen LogP contribution < -0.4 is 18.9 Å². The maximum atomic E-state index is 12.4. The predicted molar refractivity (Wildman–Crippen MR) is 108 cm³/mol. The molecule has 0 atom stereocenters. The lowest BCUT2D eigenvalue weighted by Gasteiger charge is -2.13. The standard InChI is InChI=1S/C21H23ClO7/c1-5-8-28-20-15(22)9-14(11-19(20)27-4)21(24)29-12-16(23)13-6-7-17(25-2)18(10-13)26-3/h6-7,9-11H,5,8,12H2,1-4H3. The van der Waals surface area contributed by atoms with Gasteiger partial charge < -0.3 is 23.7 Å². The molecule has 2 aromatic rings. The van der Waals surface area contributed by atoms with Crippen molar-refractivity contribution in [2.45, 2.75) is 13.3 Å². The second-order valence-electron chi connectivity index (χ2n) is 5.91. The summed E-state index contributed by atoms with van der Waals surface area (Å²) in [6.45, 7) is 1.98. The second kappa shape index (κ2) is 10.6. The summed E-state index contributed by atoms with van der Waals surface area (Å²) in [5.41, 5.74) is 0.477. The van der Waals surface area contributed by atoms with Crippen molar-refractivity contribution in [3.63, 3.8) is 0 Å². The van der Waals surface area contributed by atoms with Crippen LogP contribution in [0.4, 0.5) is 0 Å². The highest BCUT2D eigenvalue weighted by atomic mass is 35.5. The van der Waals surface area contributed by atoms with Crippen molar-refractivity contribution in [1.29, 1.82) is 0 Å². The minimum atomic E-state index is -0.707. The van der Waals surface area contributed by atoms with Gasteiger partial charge in [-0.05, 0) is 36.8 Å². The third-order valence-corrected chi connectivity index (χ3v) is 4.24. The van der Waals surface area contributed by atoms with Crippen LogP contribution in [-0.4, -0.2) is 46.3 Å². The van der Waals surface area contributed by atoms with Crippen molar-refractivity contribution in [1.82, 2.24) is 0 Å². The zero-order valence-electron chi connectivity index (χ0n) is 16.7. The van der Waals surface area contributed by atoms with E-state index in [1.54, 1.807) is 12.1 Å². The van der Waals surface area contributed by atoms with E-state index in [1.165, 1.54) is 39.5 Å². The number of methoxy groups -OCH3 is 3. The fourth-order valence-corrected chi connectivity index (χ4v) is 2.75. The molecule has 0 bridgehead atoms. The Hall–Kier alpha value is -2.93. The number of carbonyl (C=O) groups excluding carboxylic acids is 2. The van der Waals surface area contributed by atoms with Crippen LogP contribution in [0, 0.1) is 0 Å². The zero-order valence-corrected chi connectivity index (χ0v) is 17.5. The first-order valence-electron chi connectivity index (χ1n) is 8.87. The molecule has 0 radical (unpaired) electrons. The van der Waals surface area contributed by atoms with Crippen molar-refractivity contribution >= 4 is 23.4 Å². The predicted octanol–water partition coefficient (Wildman–Crippen LogP) is 4.19. The molecular formula is C21H23ClO7. The van der Waals surface area contributed by atoms with E-state index in [-0.39, 0.29) is 16.4 Å². The Bertz CT molecular complexity index is 880. The summed E-state index contributed by atoms with van der Waals surface area (Å²) < 4.78 is 26.2. The van der Waals surface area contributed by atoms with E-state index in [4.69, 9.17) is 35.3 Å². The number of halogens is 1. The van der Waals surface area contributed by atoms with E-state index in [0.29, 0.717) is 35.2 Å². The van der Waals surface area contributed by atoms with Gasteiger partial charge in [0.2, 0.25) is 0 Å². The number of hydrogen-bond acceptors (Lipinski definition) is 7. The van der Waals surface area contributed by atoms with Crippen LogP contribution in [-0.2, 0) is 4.74 Å². The summed E-state index contributed by atoms with van der Waals surface area (Å²) in [6, 6.07) is 7.57. The fraction of sp³-hybridized carbons (Fsp3) is 0.333. The molecule has 0 saturated heterocycles. The lowest BCUT2D eigenvalue weighted by molar-refractivity contribution is 0.0474. The Morgan fingerprint density at radius 2 is 1.55 bits per heavy atom. The number of rotatable bonds is 10. The number of benzene rings is 2. The average molecular weight is 423 g/mol. The minimum absolute atomic E-state index is 0.149. The molecule has 0 unspecified atom stereocenters. The summed E-state index contributed by atoms with van der Waals surface area (Å²) in [5.74, 6) is 0.469. The van der Waals surface area contributed by atoms with Crippen LogP contribution in [0.1, 0.15) is 34.1 Å². The molecule has 0 amide bonds. The largest absolute Gasteiger partial charge is 0.493 e. The number of esters is 1. The maximum absolute atomic E-state index is 12.4. The molecule has 2 aromatic carbocycles. The summed E-state index contributed by atoms with van der Waals surface area (Å²) >= 11 is 6.21. The van der Waals surface area contributed by atoms with Gasteiger partial charge in [-0.1, -0.05) is 18.5 Å². The maximum Gasteiger partial charge on any atom is 0.338 e. The van der Waals surface area contributed by atoms with E-state index in [1.807, 2.05) is 6.92 Å².